The second-order valence-electron chi connectivity index (χ2n) is 18.4. The average Bonchev–Trinajstić information content (AvgIpc) is 3.96. The molecular weight excluding hydrogens is 851 g/mol. The van der Waals surface area contributed by atoms with Crippen LogP contribution in [-0.4, -0.2) is 0 Å². The Balaban J connectivity index is 0.894. The molecule has 0 saturated carbocycles. The zero-order valence-corrected chi connectivity index (χ0v) is 38.9. The van der Waals surface area contributed by atoms with Crippen LogP contribution < -0.4 is 4.90 Å². The molecule has 1 unspecified atom stereocenters. The minimum Gasteiger partial charge on any atom is -0.310 e. The van der Waals surface area contributed by atoms with Crippen molar-refractivity contribution in [3.63, 3.8) is 0 Å². The van der Waals surface area contributed by atoms with Gasteiger partial charge in [-0.3, -0.25) is 0 Å². The van der Waals surface area contributed by atoms with Gasteiger partial charge in [-0.1, -0.05) is 212 Å². The average molecular weight is 898 g/mol. The summed E-state index contributed by atoms with van der Waals surface area (Å²) in [5.41, 5.74) is 19.3. The molecule has 0 spiro atoms. The maximum atomic E-state index is 2.47. The van der Waals surface area contributed by atoms with Crippen LogP contribution in [0.25, 0.3) is 59.1 Å². The highest BCUT2D eigenvalue weighted by molar-refractivity contribution is 7.25. The summed E-state index contributed by atoms with van der Waals surface area (Å²) in [6, 6.07) is 92.0. The van der Waals surface area contributed by atoms with E-state index in [0.29, 0.717) is 0 Å². The van der Waals surface area contributed by atoms with Crippen LogP contribution in [0.3, 0.4) is 0 Å². The van der Waals surface area contributed by atoms with Gasteiger partial charge in [-0.05, 0) is 133 Å². The highest BCUT2D eigenvalue weighted by Gasteiger charge is 2.45. The number of allylic oxidation sites excluding steroid dienone is 4. The fourth-order valence-electron chi connectivity index (χ4n) is 11.2. The first-order valence-electron chi connectivity index (χ1n) is 24.0. The van der Waals surface area contributed by atoms with E-state index in [9.17, 15) is 0 Å². The zero-order chi connectivity index (χ0) is 45.7. The molecule has 0 bridgehead atoms. The van der Waals surface area contributed by atoms with Gasteiger partial charge < -0.3 is 4.90 Å². The Bertz CT molecular complexity index is 3680. The third-order valence-corrected chi connectivity index (χ3v) is 15.7. The van der Waals surface area contributed by atoms with Gasteiger partial charge in [0.2, 0.25) is 0 Å². The summed E-state index contributed by atoms with van der Waals surface area (Å²) >= 11 is 1.87. The SMILES string of the molecule is C1=CC(c2ccc3sc4ccccc4c3c2)=CC(c2ccc(N(c3ccc(C4(c5ccccc5)c5ccccc5-c5ccccc54)cc3)c3cccc(-c4ccc(-c5ccccc5)cc4)c3)cc2)C1. The molecule has 0 saturated heterocycles. The van der Waals surface area contributed by atoms with Gasteiger partial charge in [-0.2, -0.15) is 0 Å². The molecule has 11 aromatic rings. The van der Waals surface area contributed by atoms with E-state index in [1.165, 1.54) is 92.5 Å². The van der Waals surface area contributed by atoms with Crippen molar-refractivity contribution in [3.05, 3.63) is 300 Å². The van der Waals surface area contributed by atoms with Gasteiger partial charge in [0.1, 0.15) is 0 Å². The topological polar surface area (TPSA) is 3.24 Å². The maximum Gasteiger partial charge on any atom is 0.0713 e. The predicted octanol–water partition coefficient (Wildman–Crippen LogP) is 18.3. The Morgan fingerprint density at radius 1 is 0.391 bits per heavy atom. The van der Waals surface area contributed by atoms with Crippen LogP contribution in [0.5, 0.6) is 0 Å². The number of anilines is 3. The number of benzene rings is 10. The van der Waals surface area contributed by atoms with E-state index < -0.39 is 5.41 Å². The van der Waals surface area contributed by atoms with Gasteiger partial charge in [-0.25, -0.2) is 0 Å². The molecule has 0 N–H and O–H groups in total. The fourth-order valence-corrected chi connectivity index (χ4v) is 12.3. The normalized spacial score (nSPS) is 14.6. The first kappa shape index (κ1) is 40.9. The molecule has 0 aliphatic heterocycles. The number of rotatable bonds is 9. The Hall–Kier alpha value is -8.30. The van der Waals surface area contributed by atoms with E-state index in [1.54, 1.807) is 0 Å². The standard InChI is InChI=1S/C67H47NS/c1-3-15-46(16-4-1)47-29-31-48(32-30-47)52-19-14-22-58(44-52)68(56-38-33-49(34-39-56)50-17-13-18-51(43-50)53-35-42-66-62(45-53)61-25-9-12-28-65(61)69-66)57-40-36-55(37-41-57)67(54-20-5-2-6-21-54)63-26-10-7-23-59(63)60-24-8-11-27-64(60)67/h1-16,18-45,50H,17H2. The van der Waals surface area contributed by atoms with Gasteiger partial charge in [0.05, 0.1) is 5.41 Å². The van der Waals surface area contributed by atoms with Gasteiger partial charge in [0, 0.05) is 43.2 Å². The summed E-state index contributed by atoms with van der Waals surface area (Å²) in [5, 5.41) is 2.67. The van der Waals surface area contributed by atoms with E-state index in [0.717, 1.165) is 23.5 Å². The van der Waals surface area contributed by atoms with Crippen molar-refractivity contribution in [1.29, 1.82) is 0 Å². The molecule has 1 aromatic heterocycles. The highest BCUT2D eigenvalue weighted by Crippen LogP contribution is 2.56. The molecular formula is C67H47NS. The summed E-state index contributed by atoms with van der Waals surface area (Å²) in [7, 11) is 0. The second kappa shape index (κ2) is 17.1. The van der Waals surface area contributed by atoms with Crippen molar-refractivity contribution in [2.45, 2.75) is 17.8 Å². The minimum atomic E-state index is -0.463. The van der Waals surface area contributed by atoms with Crippen molar-refractivity contribution in [3.8, 4) is 33.4 Å². The number of nitrogens with zero attached hydrogens (tertiary/aromatic N) is 1. The third kappa shape index (κ3) is 7.07. The number of fused-ring (bicyclic) bond motifs is 6. The lowest BCUT2D eigenvalue weighted by molar-refractivity contribution is 0.768. The zero-order valence-electron chi connectivity index (χ0n) is 38.0. The van der Waals surface area contributed by atoms with Crippen LogP contribution in [0.15, 0.2) is 267 Å². The second-order valence-corrected chi connectivity index (χ2v) is 19.4. The van der Waals surface area contributed by atoms with Gasteiger partial charge in [0.15, 0.2) is 0 Å². The molecule has 2 aliphatic carbocycles. The molecule has 2 heteroatoms. The van der Waals surface area contributed by atoms with E-state index in [2.05, 4.69) is 272 Å². The van der Waals surface area contributed by atoms with Crippen LogP contribution in [-0.2, 0) is 5.41 Å². The lowest BCUT2D eigenvalue weighted by Crippen LogP contribution is -2.28. The van der Waals surface area contributed by atoms with Crippen molar-refractivity contribution in [1.82, 2.24) is 0 Å². The molecule has 0 fully saturated rings. The van der Waals surface area contributed by atoms with Crippen molar-refractivity contribution in [2.75, 3.05) is 4.90 Å². The maximum absolute atomic E-state index is 2.47. The van der Waals surface area contributed by atoms with Crippen LogP contribution in [0.1, 0.15) is 45.7 Å². The van der Waals surface area contributed by atoms with Gasteiger partial charge >= 0.3 is 0 Å². The Labute approximate surface area is 408 Å². The predicted molar refractivity (Wildman–Crippen MR) is 293 cm³/mol. The summed E-state index contributed by atoms with van der Waals surface area (Å²) < 4.78 is 2.68. The lowest BCUT2D eigenvalue weighted by Gasteiger charge is -2.34. The molecule has 1 heterocycles. The summed E-state index contributed by atoms with van der Waals surface area (Å²) in [6.45, 7) is 0. The van der Waals surface area contributed by atoms with Crippen LogP contribution in [0.4, 0.5) is 17.1 Å². The summed E-state index contributed by atoms with van der Waals surface area (Å²) in [5.74, 6) is 0.273. The van der Waals surface area contributed by atoms with Crippen LogP contribution in [0, 0.1) is 0 Å². The minimum absolute atomic E-state index is 0.273. The van der Waals surface area contributed by atoms with Crippen molar-refractivity contribution < 1.29 is 0 Å². The number of thiophene rings is 1. The van der Waals surface area contributed by atoms with Crippen LogP contribution in [0.2, 0.25) is 0 Å². The van der Waals surface area contributed by atoms with E-state index in [-0.39, 0.29) is 5.92 Å². The molecule has 2 aliphatic rings. The van der Waals surface area contributed by atoms with Gasteiger partial charge in [-0.15, -0.1) is 11.3 Å². The fraction of sp³-hybridized carbons (Fsp3) is 0.0448. The molecule has 69 heavy (non-hydrogen) atoms. The Morgan fingerprint density at radius 3 is 1.67 bits per heavy atom. The van der Waals surface area contributed by atoms with E-state index in [4.69, 9.17) is 0 Å². The highest BCUT2D eigenvalue weighted by atomic mass is 32.1. The summed E-state index contributed by atoms with van der Waals surface area (Å²) in [6.07, 6.45) is 8.09. The monoisotopic (exact) mass is 897 g/mol. The first-order chi connectivity index (χ1) is 34.2. The quantitative estimate of drug-likeness (QED) is 0.140. The number of hydrogen-bond donors (Lipinski definition) is 0. The molecule has 0 radical (unpaired) electrons. The number of hydrogen-bond acceptors (Lipinski definition) is 2. The van der Waals surface area contributed by atoms with E-state index in [1.807, 2.05) is 11.3 Å². The molecule has 13 rings (SSSR count). The Kier molecular flexibility index (Phi) is 10.1. The molecule has 1 atom stereocenters. The lowest BCUT2D eigenvalue weighted by atomic mass is 9.68. The van der Waals surface area contributed by atoms with Crippen molar-refractivity contribution in [2.24, 2.45) is 0 Å². The first-order valence-corrected chi connectivity index (χ1v) is 24.8. The summed E-state index contributed by atoms with van der Waals surface area (Å²) in [4.78, 5) is 2.42. The smallest absolute Gasteiger partial charge is 0.0713 e. The third-order valence-electron chi connectivity index (χ3n) is 14.5. The largest absolute Gasteiger partial charge is 0.310 e. The van der Waals surface area contributed by atoms with Crippen molar-refractivity contribution >= 4 is 54.1 Å². The molecule has 1 nitrogen and oxygen atoms in total. The molecule has 326 valence electrons. The van der Waals surface area contributed by atoms with Crippen LogP contribution >= 0.6 is 11.3 Å². The molecule has 10 aromatic carbocycles. The molecule has 0 amide bonds. The Morgan fingerprint density at radius 2 is 0.942 bits per heavy atom. The van der Waals surface area contributed by atoms with Gasteiger partial charge in [0.25, 0.3) is 0 Å². The van der Waals surface area contributed by atoms with E-state index >= 15 is 0 Å².